The van der Waals surface area contributed by atoms with E-state index < -0.39 is 5.97 Å². The van der Waals surface area contributed by atoms with Gasteiger partial charge in [-0.25, -0.2) is 14.2 Å². The van der Waals surface area contributed by atoms with Crippen LogP contribution in [0, 0.1) is 5.82 Å². The van der Waals surface area contributed by atoms with Crippen molar-refractivity contribution in [1.82, 2.24) is 0 Å². The van der Waals surface area contributed by atoms with E-state index in [0.717, 1.165) is 11.8 Å². The number of nitrogens with zero attached hydrogens (tertiary/aromatic N) is 2. The van der Waals surface area contributed by atoms with E-state index in [2.05, 4.69) is 9.98 Å². The van der Waals surface area contributed by atoms with Gasteiger partial charge < -0.3 is 15.6 Å². The Balaban J connectivity index is 2.62. The molecular formula is C16H20FN3O3. The fourth-order valence-corrected chi connectivity index (χ4v) is 1.62. The predicted molar refractivity (Wildman–Crippen MR) is 87.0 cm³/mol. The third-order valence-corrected chi connectivity index (χ3v) is 2.80. The van der Waals surface area contributed by atoms with Crippen molar-refractivity contribution in [3.8, 4) is 0 Å². The maximum Gasteiger partial charge on any atom is 0.343 e. The molecule has 3 N–H and O–H groups in total. The summed E-state index contributed by atoms with van der Waals surface area (Å²) in [5.74, 6) is -1.23. The van der Waals surface area contributed by atoms with Crippen LogP contribution in [0.3, 0.4) is 0 Å². The first-order valence-electron chi connectivity index (χ1n) is 7.09. The van der Waals surface area contributed by atoms with Gasteiger partial charge >= 0.3 is 5.97 Å². The van der Waals surface area contributed by atoms with Crippen LogP contribution in [0.4, 0.5) is 4.39 Å². The summed E-state index contributed by atoms with van der Waals surface area (Å²) in [5, 5.41) is 9.45. The van der Waals surface area contributed by atoms with Crippen LogP contribution < -0.4 is 5.73 Å². The molecule has 7 heteroatoms. The number of allylic oxidation sites excluding steroid dienone is 1. The summed E-state index contributed by atoms with van der Waals surface area (Å²) >= 11 is 0. The topological polar surface area (TPSA) is 97.3 Å². The average molecular weight is 321 g/mol. The monoisotopic (exact) mass is 321 g/mol. The summed E-state index contributed by atoms with van der Waals surface area (Å²) < 4.78 is 17.6. The number of hydrogen-bond acceptors (Lipinski definition) is 4. The molecule has 23 heavy (non-hydrogen) atoms. The van der Waals surface area contributed by atoms with E-state index >= 15 is 0 Å². The van der Waals surface area contributed by atoms with Crippen LogP contribution in [0.2, 0.25) is 0 Å². The zero-order valence-corrected chi connectivity index (χ0v) is 13.1. The van der Waals surface area contributed by atoms with Crippen LogP contribution in [0.25, 0.3) is 0 Å². The molecule has 1 aromatic rings. The van der Waals surface area contributed by atoms with Crippen LogP contribution in [0.15, 0.2) is 45.6 Å². The average Bonchev–Trinajstić information content (AvgIpc) is 2.49. The van der Waals surface area contributed by atoms with E-state index in [1.54, 1.807) is 19.1 Å². The number of hydrogen-bond donors (Lipinski definition) is 2. The molecule has 0 atom stereocenters. The second-order valence-electron chi connectivity index (χ2n) is 4.59. The molecule has 1 rings (SSSR count). The fourth-order valence-electron chi connectivity index (χ4n) is 1.62. The van der Waals surface area contributed by atoms with E-state index in [4.69, 9.17) is 10.5 Å². The minimum Gasteiger partial charge on any atom is -0.512 e. The molecule has 0 unspecified atom stereocenters. The van der Waals surface area contributed by atoms with Crippen molar-refractivity contribution in [2.75, 3.05) is 13.2 Å². The van der Waals surface area contributed by atoms with E-state index in [1.807, 2.05) is 0 Å². The largest absolute Gasteiger partial charge is 0.512 e. The van der Waals surface area contributed by atoms with Crippen LogP contribution in [-0.4, -0.2) is 36.4 Å². The molecule has 124 valence electrons. The first-order chi connectivity index (χ1) is 10.9. The molecule has 0 aliphatic heterocycles. The number of nitrogens with two attached hydrogens (primary N) is 1. The number of guanidine groups is 1. The summed E-state index contributed by atoms with van der Waals surface area (Å²) in [4.78, 5) is 19.4. The zero-order chi connectivity index (χ0) is 17.2. The summed E-state index contributed by atoms with van der Waals surface area (Å²) in [6, 6.07) is 6.09. The number of halogens is 1. The molecule has 6 nitrogen and oxygen atoms in total. The number of aliphatic imine (C=N–C) groups is 2. The van der Waals surface area contributed by atoms with Crippen molar-refractivity contribution in [1.29, 1.82) is 0 Å². The van der Waals surface area contributed by atoms with Gasteiger partial charge in [-0.3, -0.25) is 4.99 Å². The molecule has 0 fully saturated rings. The zero-order valence-electron chi connectivity index (χ0n) is 13.1. The van der Waals surface area contributed by atoms with Gasteiger partial charge in [-0.2, -0.15) is 0 Å². The molecular weight excluding hydrogens is 301 g/mol. The van der Waals surface area contributed by atoms with E-state index in [1.165, 1.54) is 19.1 Å². The Kier molecular flexibility index (Phi) is 7.45. The third-order valence-electron chi connectivity index (χ3n) is 2.80. The highest BCUT2D eigenvalue weighted by Gasteiger charge is 2.11. The van der Waals surface area contributed by atoms with Crippen molar-refractivity contribution in [2.45, 2.75) is 20.3 Å². The molecule has 0 amide bonds. The minimum absolute atomic E-state index is 0.0323. The highest BCUT2D eigenvalue weighted by molar-refractivity contribution is 6.12. The first kappa shape index (κ1) is 18.3. The van der Waals surface area contributed by atoms with Gasteiger partial charge in [0.15, 0.2) is 0 Å². The molecule has 0 bridgehead atoms. The summed E-state index contributed by atoms with van der Waals surface area (Å²) in [6.07, 6.45) is 1.69. The smallest absolute Gasteiger partial charge is 0.343 e. The molecule has 1 aromatic carbocycles. The van der Waals surface area contributed by atoms with Crippen molar-refractivity contribution >= 4 is 18.1 Å². The summed E-state index contributed by atoms with van der Waals surface area (Å²) in [6.45, 7) is 3.56. The normalized spacial score (nSPS) is 13.1. The second kappa shape index (κ2) is 9.34. The van der Waals surface area contributed by atoms with Crippen molar-refractivity contribution in [2.24, 2.45) is 15.7 Å². The van der Waals surface area contributed by atoms with Gasteiger partial charge in [0.05, 0.1) is 6.61 Å². The molecule has 0 aliphatic rings. The second-order valence-corrected chi connectivity index (χ2v) is 4.59. The molecule has 0 spiro atoms. The van der Waals surface area contributed by atoms with Crippen molar-refractivity contribution in [3.05, 3.63) is 47.0 Å². The fraction of sp³-hybridized carbons (Fsp3) is 0.312. The number of aliphatic hydroxyl groups is 1. The highest BCUT2D eigenvalue weighted by Crippen LogP contribution is 2.04. The summed E-state index contributed by atoms with van der Waals surface area (Å²) in [5.41, 5.74) is 6.46. The van der Waals surface area contributed by atoms with Crippen LogP contribution in [-0.2, 0) is 16.0 Å². The van der Waals surface area contributed by atoms with Crippen molar-refractivity contribution in [3.63, 3.8) is 0 Å². The van der Waals surface area contributed by atoms with Gasteiger partial charge in [0.25, 0.3) is 0 Å². The Morgan fingerprint density at radius 2 is 2.04 bits per heavy atom. The van der Waals surface area contributed by atoms with E-state index in [-0.39, 0.29) is 29.7 Å². The van der Waals surface area contributed by atoms with Gasteiger partial charge in [-0.05, 0) is 38.0 Å². The Morgan fingerprint density at radius 3 is 2.61 bits per heavy atom. The molecule has 0 saturated carbocycles. The lowest BCUT2D eigenvalue weighted by Crippen LogP contribution is -2.14. The number of aliphatic hydroxyl groups excluding tert-OH is 1. The lowest BCUT2D eigenvalue weighted by atomic mass is 10.1. The highest BCUT2D eigenvalue weighted by atomic mass is 19.1. The molecule has 0 heterocycles. The number of benzene rings is 1. The standard InChI is InChI=1S/C16H20FN3O3/c1-3-23-15(22)14(11(2)21)10-20-16(18)19-9-8-12-4-6-13(17)7-5-12/h4-7,10,21H,3,8-9H2,1-2H3,(H2,18,19). The predicted octanol–water partition coefficient (Wildman–Crippen LogP) is 2.15. The SMILES string of the molecule is CCOC(=O)C(C=NC(N)=NCCc1ccc(F)cc1)=C(C)O. The Morgan fingerprint density at radius 1 is 1.39 bits per heavy atom. The molecule has 0 aliphatic carbocycles. The number of carbonyl (C=O) groups excluding carboxylic acids is 1. The Labute approximate surface area is 134 Å². The number of esters is 1. The lowest BCUT2D eigenvalue weighted by molar-refractivity contribution is -0.138. The summed E-state index contributed by atoms with van der Waals surface area (Å²) in [7, 11) is 0. The molecule has 0 saturated heterocycles. The van der Waals surface area contributed by atoms with Crippen LogP contribution in [0.1, 0.15) is 19.4 Å². The third kappa shape index (κ3) is 6.73. The first-order valence-corrected chi connectivity index (χ1v) is 7.09. The van der Waals surface area contributed by atoms with Gasteiger partial charge in [0, 0.05) is 12.8 Å². The van der Waals surface area contributed by atoms with Gasteiger partial charge in [0.1, 0.15) is 17.1 Å². The number of ether oxygens (including phenoxy) is 1. The molecule has 0 aromatic heterocycles. The van der Waals surface area contributed by atoms with Gasteiger partial charge in [-0.15, -0.1) is 0 Å². The Hall–Kier alpha value is -2.70. The number of carbonyl (C=O) groups is 1. The minimum atomic E-state index is -0.685. The van der Waals surface area contributed by atoms with Crippen LogP contribution >= 0.6 is 0 Å². The number of rotatable bonds is 6. The lowest BCUT2D eigenvalue weighted by Gasteiger charge is -2.03. The maximum absolute atomic E-state index is 12.8. The van der Waals surface area contributed by atoms with Gasteiger partial charge in [0.2, 0.25) is 5.96 Å². The van der Waals surface area contributed by atoms with Gasteiger partial charge in [-0.1, -0.05) is 12.1 Å². The van der Waals surface area contributed by atoms with Crippen LogP contribution in [0.5, 0.6) is 0 Å². The van der Waals surface area contributed by atoms with E-state index in [9.17, 15) is 14.3 Å². The maximum atomic E-state index is 12.8. The molecule has 0 radical (unpaired) electrons. The Bertz CT molecular complexity index is 618. The quantitative estimate of drug-likeness (QED) is 0.276. The van der Waals surface area contributed by atoms with Crippen molar-refractivity contribution < 1.29 is 19.0 Å². The van der Waals surface area contributed by atoms with E-state index in [0.29, 0.717) is 13.0 Å².